The second kappa shape index (κ2) is 7.72. The molecule has 0 aliphatic carbocycles. The highest BCUT2D eigenvalue weighted by molar-refractivity contribution is 9.11. The van der Waals surface area contributed by atoms with E-state index in [9.17, 15) is 9.59 Å². The maximum Gasteiger partial charge on any atom is 0.264 e. The molecule has 7 heteroatoms. The molecule has 114 valence electrons. The number of hydrogen-bond acceptors (Lipinski definition) is 4. The molecule has 0 saturated heterocycles. The third-order valence-corrected chi connectivity index (χ3v) is 4.79. The van der Waals surface area contributed by atoms with Gasteiger partial charge in [0.1, 0.15) is 0 Å². The van der Waals surface area contributed by atoms with Gasteiger partial charge in [0, 0.05) is 20.1 Å². The fourth-order valence-electron chi connectivity index (χ4n) is 2.00. The number of carbonyl (C=O) groups is 2. The van der Waals surface area contributed by atoms with Crippen molar-refractivity contribution in [3.63, 3.8) is 0 Å². The van der Waals surface area contributed by atoms with Crippen LogP contribution in [-0.4, -0.2) is 49.9 Å². The van der Waals surface area contributed by atoms with Gasteiger partial charge >= 0.3 is 0 Å². The Morgan fingerprint density at radius 3 is 2.90 bits per heavy atom. The lowest BCUT2D eigenvalue weighted by atomic mass is 10.1. The first-order valence-electron chi connectivity index (χ1n) is 6.72. The molecule has 0 spiro atoms. The van der Waals surface area contributed by atoms with E-state index in [2.05, 4.69) is 32.6 Å². The molecule has 5 nitrogen and oxygen atoms in total. The van der Waals surface area contributed by atoms with Crippen molar-refractivity contribution in [1.82, 2.24) is 15.5 Å². The average Bonchev–Trinajstić information content (AvgIpc) is 2.92. The van der Waals surface area contributed by atoms with Crippen LogP contribution in [0.25, 0.3) is 0 Å². The van der Waals surface area contributed by atoms with E-state index >= 15 is 0 Å². The number of carbonyl (C=O) groups excluding carboxylic acids is 2. The van der Waals surface area contributed by atoms with Gasteiger partial charge in [-0.3, -0.25) is 9.59 Å². The lowest BCUT2D eigenvalue weighted by Crippen LogP contribution is -2.39. The SMILES string of the molecule is CN(CC(=O)NCC1=CCNCC1)C(=O)c1ccc(Br)s1. The van der Waals surface area contributed by atoms with Gasteiger partial charge in [0.25, 0.3) is 5.91 Å². The summed E-state index contributed by atoms with van der Waals surface area (Å²) in [5, 5.41) is 6.09. The Morgan fingerprint density at radius 2 is 2.29 bits per heavy atom. The van der Waals surface area contributed by atoms with Crippen molar-refractivity contribution in [3.8, 4) is 0 Å². The highest BCUT2D eigenvalue weighted by atomic mass is 79.9. The fraction of sp³-hybridized carbons (Fsp3) is 0.429. The maximum atomic E-state index is 12.1. The summed E-state index contributed by atoms with van der Waals surface area (Å²) in [6.45, 7) is 2.44. The number of thiophene rings is 1. The normalized spacial score (nSPS) is 14.5. The van der Waals surface area contributed by atoms with Gasteiger partial charge in [-0.05, 0) is 41.0 Å². The minimum Gasteiger partial charge on any atom is -0.351 e. The van der Waals surface area contributed by atoms with E-state index < -0.39 is 0 Å². The van der Waals surface area contributed by atoms with E-state index in [4.69, 9.17) is 0 Å². The predicted octanol–water partition coefficient (Wildman–Crippen LogP) is 1.62. The Bertz CT molecular complexity index is 556. The molecular weight excluding hydrogens is 354 g/mol. The van der Waals surface area contributed by atoms with Crippen molar-refractivity contribution in [2.45, 2.75) is 6.42 Å². The number of nitrogens with zero attached hydrogens (tertiary/aromatic N) is 1. The van der Waals surface area contributed by atoms with Crippen molar-refractivity contribution in [2.75, 3.05) is 33.2 Å². The number of rotatable bonds is 5. The minimum absolute atomic E-state index is 0.0693. The zero-order chi connectivity index (χ0) is 15.2. The smallest absolute Gasteiger partial charge is 0.264 e. The molecular formula is C14H18BrN3O2S. The molecule has 1 aromatic rings. The molecule has 0 bridgehead atoms. The summed E-state index contributed by atoms with van der Waals surface area (Å²) in [7, 11) is 1.64. The van der Waals surface area contributed by atoms with Crippen molar-refractivity contribution in [1.29, 1.82) is 0 Å². The van der Waals surface area contributed by atoms with E-state index in [0.29, 0.717) is 11.4 Å². The van der Waals surface area contributed by atoms with Crippen LogP contribution in [-0.2, 0) is 4.79 Å². The first-order valence-corrected chi connectivity index (χ1v) is 8.33. The van der Waals surface area contributed by atoms with E-state index in [-0.39, 0.29) is 18.4 Å². The Labute approximate surface area is 136 Å². The quantitative estimate of drug-likeness (QED) is 0.773. The Hall–Kier alpha value is -1.18. The van der Waals surface area contributed by atoms with Crippen LogP contribution in [0.4, 0.5) is 0 Å². The van der Waals surface area contributed by atoms with Crippen LogP contribution >= 0.6 is 27.3 Å². The molecule has 1 aromatic heterocycles. The van der Waals surface area contributed by atoms with Crippen molar-refractivity contribution in [2.24, 2.45) is 0 Å². The largest absolute Gasteiger partial charge is 0.351 e. The zero-order valence-corrected chi connectivity index (χ0v) is 14.2. The second-order valence-electron chi connectivity index (χ2n) is 4.86. The Kier molecular flexibility index (Phi) is 5.96. The van der Waals surface area contributed by atoms with Crippen molar-refractivity contribution < 1.29 is 9.59 Å². The van der Waals surface area contributed by atoms with E-state index in [1.54, 1.807) is 13.1 Å². The first-order chi connectivity index (χ1) is 10.1. The van der Waals surface area contributed by atoms with Gasteiger partial charge in [0.05, 0.1) is 15.2 Å². The molecule has 0 saturated carbocycles. The summed E-state index contributed by atoms with van der Waals surface area (Å²) in [6.07, 6.45) is 3.06. The van der Waals surface area contributed by atoms with Gasteiger partial charge in [-0.25, -0.2) is 0 Å². The summed E-state index contributed by atoms with van der Waals surface area (Å²) in [5.41, 5.74) is 1.23. The van der Waals surface area contributed by atoms with Crippen LogP contribution in [0.3, 0.4) is 0 Å². The summed E-state index contributed by atoms with van der Waals surface area (Å²) >= 11 is 4.69. The molecule has 1 aliphatic rings. The monoisotopic (exact) mass is 371 g/mol. The first kappa shape index (κ1) is 16.2. The third-order valence-electron chi connectivity index (χ3n) is 3.18. The molecule has 2 rings (SSSR count). The zero-order valence-electron chi connectivity index (χ0n) is 11.8. The summed E-state index contributed by atoms with van der Waals surface area (Å²) in [5.74, 6) is -0.275. The molecule has 0 radical (unpaired) electrons. The molecule has 0 fully saturated rings. The summed E-state index contributed by atoms with van der Waals surface area (Å²) < 4.78 is 0.904. The van der Waals surface area contributed by atoms with Gasteiger partial charge in [-0.2, -0.15) is 0 Å². The van der Waals surface area contributed by atoms with Crippen LogP contribution < -0.4 is 10.6 Å². The van der Waals surface area contributed by atoms with Crippen molar-refractivity contribution in [3.05, 3.63) is 32.4 Å². The predicted molar refractivity (Wildman–Crippen MR) is 87.6 cm³/mol. The molecule has 0 atom stereocenters. The van der Waals surface area contributed by atoms with Gasteiger partial charge in [-0.1, -0.05) is 11.6 Å². The van der Waals surface area contributed by atoms with Gasteiger partial charge < -0.3 is 15.5 Å². The Balaban J connectivity index is 1.79. The lowest BCUT2D eigenvalue weighted by molar-refractivity contribution is -0.121. The third kappa shape index (κ3) is 4.94. The number of likely N-dealkylation sites (N-methyl/N-ethyl adjacent to an activating group) is 1. The highest BCUT2D eigenvalue weighted by Crippen LogP contribution is 2.22. The molecule has 2 amide bonds. The number of halogens is 1. The minimum atomic E-state index is -0.138. The Morgan fingerprint density at radius 1 is 1.48 bits per heavy atom. The van der Waals surface area contributed by atoms with Gasteiger partial charge in [-0.15, -0.1) is 11.3 Å². The summed E-state index contributed by atoms with van der Waals surface area (Å²) in [6, 6.07) is 3.58. The van der Waals surface area contributed by atoms with Crippen LogP contribution in [0.15, 0.2) is 27.6 Å². The maximum absolute atomic E-state index is 12.1. The average molecular weight is 372 g/mol. The van der Waals surface area contributed by atoms with Gasteiger partial charge in [0.2, 0.25) is 5.91 Å². The van der Waals surface area contributed by atoms with Gasteiger partial charge in [0.15, 0.2) is 0 Å². The van der Waals surface area contributed by atoms with E-state index in [0.717, 1.165) is 23.3 Å². The topological polar surface area (TPSA) is 61.4 Å². The van der Waals surface area contributed by atoms with Crippen LogP contribution in [0.5, 0.6) is 0 Å². The van der Waals surface area contributed by atoms with Crippen LogP contribution in [0.2, 0.25) is 0 Å². The number of nitrogens with one attached hydrogen (secondary N) is 2. The van der Waals surface area contributed by atoms with Crippen LogP contribution in [0, 0.1) is 0 Å². The van der Waals surface area contributed by atoms with Crippen molar-refractivity contribution >= 4 is 39.1 Å². The standard InChI is InChI=1S/C14H18BrN3O2S/c1-18(14(20)11-2-3-12(15)21-11)9-13(19)17-8-10-4-6-16-7-5-10/h2-4,16H,5-9H2,1H3,(H,17,19). The van der Waals surface area contributed by atoms with Crippen LogP contribution in [0.1, 0.15) is 16.1 Å². The number of amides is 2. The number of hydrogen-bond donors (Lipinski definition) is 2. The molecule has 1 aliphatic heterocycles. The molecule has 0 unspecified atom stereocenters. The lowest BCUT2D eigenvalue weighted by Gasteiger charge is -2.18. The highest BCUT2D eigenvalue weighted by Gasteiger charge is 2.16. The fourth-order valence-corrected chi connectivity index (χ4v) is 3.38. The van der Waals surface area contributed by atoms with E-state index in [1.165, 1.54) is 21.8 Å². The van der Waals surface area contributed by atoms with E-state index in [1.807, 2.05) is 6.07 Å². The molecule has 2 N–H and O–H groups in total. The molecule has 2 heterocycles. The molecule has 21 heavy (non-hydrogen) atoms. The molecule has 0 aromatic carbocycles. The summed E-state index contributed by atoms with van der Waals surface area (Å²) in [4.78, 5) is 26.1. The second-order valence-corrected chi connectivity index (χ2v) is 7.32.